The summed E-state index contributed by atoms with van der Waals surface area (Å²) in [5.41, 5.74) is 3.00. The maximum absolute atomic E-state index is 12.1. The lowest BCUT2D eigenvalue weighted by atomic mass is 10.1. The third kappa shape index (κ3) is 4.87. The minimum atomic E-state index is -4.08. The average Bonchev–Trinajstić information content (AvgIpc) is 2.84. The lowest BCUT2D eigenvalue weighted by Crippen LogP contribution is -2.31. The number of carbonyl (C=O) groups is 1. The van der Waals surface area contributed by atoms with Crippen molar-refractivity contribution < 1.29 is 18.0 Å². The summed E-state index contributed by atoms with van der Waals surface area (Å²) in [6.07, 6.45) is -1.97. The Labute approximate surface area is 127 Å². The fraction of sp³-hybridized carbons (Fsp3) is 0.438. The van der Waals surface area contributed by atoms with Crippen molar-refractivity contribution in [3.8, 4) is 0 Å². The van der Waals surface area contributed by atoms with Crippen LogP contribution < -0.4 is 10.6 Å². The van der Waals surface area contributed by atoms with E-state index in [0.717, 1.165) is 18.4 Å². The van der Waals surface area contributed by atoms with E-state index in [4.69, 9.17) is 0 Å². The van der Waals surface area contributed by atoms with Gasteiger partial charge in [-0.3, -0.25) is 4.79 Å². The number of rotatable bonds is 6. The van der Waals surface area contributed by atoms with Crippen LogP contribution >= 0.6 is 0 Å². The van der Waals surface area contributed by atoms with Crippen molar-refractivity contribution in [1.29, 1.82) is 0 Å². The monoisotopic (exact) mass is 312 g/mol. The molecule has 0 radical (unpaired) electrons. The van der Waals surface area contributed by atoms with Gasteiger partial charge in [-0.1, -0.05) is 12.6 Å². The molecule has 1 aromatic carbocycles. The normalized spacial score (nSPS) is 17.1. The Bertz CT molecular complexity index is 555. The number of fused-ring (bicyclic) bond motifs is 1. The first-order valence-electron chi connectivity index (χ1n) is 7.23. The van der Waals surface area contributed by atoms with E-state index in [-0.39, 0.29) is 18.4 Å². The molecule has 0 fully saturated rings. The zero-order chi connectivity index (χ0) is 16.2. The smallest absolute Gasteiger partial charge is 0.323 e. The summed E-state index contributed by atoms with van der Waals surface area (Å²) in [6, 6.07) is 5.85. The Balaban J connectivity index is 1.82. The van der Waals surface area contributed by atoms with E-state index >= 15 is 0 Å². The molecule has 2 N–H and O–H groups in total. The predicted octanol–water partition coefficient (Wildman–Crippen LogP) is 3.21. The third-order valence-electron chi connectivity index (χ3n) is 3.66. The van der Waals surface area contributed by atoms with Crippen LogP contribution in [0, 0.1) is 0 Å². The number of hydrogen-bond donors (Lipinski definition) is 2. The van der Waals surface area contributed by atoms with Gasteiger partial charge in [-0.05, 0) is 55.1 Å². The summed E-state index contributed by atoms with van der Waals surface area (Å²) in [5, 5.41) is 5.87. The summed E-state index contributed by atoms with van der Waals surface area (Å²) in [7, 11) is 0. The number of benzene rings is 1. The molecule has 0 heterocycles. The highest BCUT2D eigenvalue weighted by Gasteiger charge is 2.26. The zero-order valence-corrected chi connectivity index (χ0v) is 12.2. The molecule has 0 aliphatic heterocycles. The van der Waals surface area contributed by atoms with Gasteiger partial charge < -0.3 is 10.6 Å². The van der Waals surface area contributed by atoms with Crippen LogP contribution in [0.4, 0.5) is 18.9 Å². The summed E-state index contributed by atoms with van der Waals surface area (Å²) < 4.78 is 36.2. The lowest BCUT2D eigenvalue weighted by molar-refractivity contribution is -0.135. The van der Waals surface area contributed by atoms with Crippen molar-refractivity contribution in [2.24, 2.45) is 0 Å². The van der Waals surface area contributed by atoms with Gasteiger partial charge in [0.05, 0.1) is 0 Å². The molecule has 0 saturated heterocycles. The van der Waals surface area contributed by atoms with Gasteiger partial charge in [0.25, 0.3) is 0 Å². The molecule has 1 unspecified atom stereocenters. The quantitative estimate of drug-likeness (QED) is 0.625. The van der Waals surface area contributed by atoms with Gasteiger partial charge in [-0.15, -0.1) is 0 Å². The average molecular weight is 312 g/mol. The fourth-order valence-electron chi connectivity index (χ4n) is 2.63. The highest BCUT2D eigenvalue weighted by atomic mass is 19.4. The Morgan fingerprint density at radius 3 is 2.73 bits per heavy atom. The number of amides is 1. The van der Waals surface area contributed by atoms with Gasteiger partial charge in [-0.2, -0.15) is 13.2 Å². The van der Waals surface area contributed by atoms with E-state index in [1.165, 1.54) is 11.6 Å². The largest absolute Gasteiger partial charge is 0.389 e. The molecule has 0 bridgehead atoms. The van der Waals surface area contributed by atoms with Crippen molar-refractivity contribution >= 4 is 11.6 Å². The lowest BCUT2D eigenvalue weighted by Gasteiger charge is -2.12. The van der Waals surface area contributed by atoms with Crippen LogP contribution in [0.15, 0.2) is 30.9 Å². The fourth-order valence-corrected chi connectivity index (χ4v) is 2.63. The summed E-state index contributed by atoms with van der Waals surface area (Å²) >= 11 is 0. The number of halogens is 3. The molecule has 1 aromatic rings. The molecular weight excluding hydrogens is 293 g/mol. The van der Waals surface area contributed by atoms with Crippen LogP contribution in [0.5, 0.6) is 0 Å². The minimum Gasteiger partial charge on any atom is -0.323 e. The van der Waals surface area contributed by atoms with Crippen LogP contribution in [0.1, 0.15) is 24.0 Å². The number of nitrogens with one attached hydrogen (secondary N) is 2. The molecule has 1 aliphatic rings. The molecule has 1 aliphatic carbocycles. The number of hydrogen-bond acceptors (Lipinski definition) is 2. The second-order valence-electron chi connectivity index (χ2n) is 5.45. The van der Waals surface area contributed by atoms with E-state index in [1.54, 1.807) is 0 Å². The van der Waals surface area contributed by atoms with Gasteiger partial charge in [-0.25, -0.2) is 0 Å². The van der Waals surface area contributed by atoms with Crippen molar-refractivity contribution in [2.45, 2.75) is 37.9 Å². The second kappa shape index (κ2) is 6.96. The Morgan fingerprint density at radius 1 is 1.32 bits per heavy atom. The molecule has 1 atom stereocenters. The zero-order valence-electron chi connectivity index (χ0n) is 12.2. The first-order valence-corrected chi connectivity index (χ1v) is 7.23. The highest BCUT2D eigenvalue weighted by Crippen LogP contribution is 2.26. The van der Waals surface area contributed by atoms with Crippen LogP contribution in [0.3, 0.4) is 0 Å². The second-order valence-corrected chi connectivity index (χ2v) is 5.45. The molecule has 0 aromatic heterocycles. The van der Waals surface area contributed by atoms with Crippen molar-refractivity contribution in [2.75, 3.05) is 11.9 Å². The number of anilines is 1. The first kappa shape index (κ1) is 16.5. The van der Waals surface area contributed by atoms with E-state index in [2.05, 4.69) is 17.2 Å². The van der Waals surface area contributed by atoms with Crippen LogP contribution in [0.25, 0.3) is 0 Å². The summed E-state index contributed by atoms with van der Waals surface area (Å²) in [4.78, 5) is 11.3. The summed E-state index contributed by atoms with van der Waals surface area (Å²) in [5.74, 6) is -0.264. The van der Waals surface area contributed by atoms with Crippen LogP contribution in [-0.2, 0) is 17.6 Å². The Hall–Kier alpha value is -1.82. The van der Waals surface area contributed by atoms with E-state index in [0.29, 0.717) is 12.2 Å². The molecule has 0 saturated carbocycles. The van der Waals surface area contributed by atoms with E-state index in [9.17, 15) is 18.0 Å². The molecular formula is C16H19F3N2O. The van der Waals surface area contributed by atoms with E-state index in [1.807, 2.05) is 18.2 Å². The number of alkyl halides is 3. The predicted molar refractivity (Wildman–Crippen MR) is 79.8 cm³/mol. The van der Waals surface area contributed by atoms with Gasteiger partial charge in [0.15, 0.2) is 0 Å². The maximum atomic E-state index is 12.1. The topological polar surface area (TPSA) is 41.1 Å². The minimum absolute atomic E-state index is 0.0942. The molecule has 2 rings (SSSR count). The highest BCUT2D eigenvalue weighted by molar-refractivity contribution is 5.98. The van der Waals surface area contributed by atoms with Crippen molar-refractivity contribution in [3.05, 3.63) is 42.0 Å². The molecule has 3 nitrogen and oxygen atoms in total. The van der Waals surface area contributed by atoms with E-state index < -0.39 is 12.6 Å². The SMILES string of the molecule is C=CC(=O)Nc1ccc2c(c1)CC(NCCCC(F)(F)F)C2. The van der Waals surface area contributed by atoms with Gasteiger partial charge in [0, 0.05) is 18.2 Å². The molecule has 1 amide bonds. The van der Waals surface area contributed by atoms with Gasteiger partial charge in [0.1, 0.15) is 0 Å². The molecule has 0 spiro atoms. The maximum Gasteiger partial charge on any atom is 0.389 e. The van der Waals surface area contributed by atoms with Gasteiger partial charge in [0.2, 0.25) is 5.91 Å². The first-order chi connectivity index (χ1) is 10.4. The Kier molecular flexibility index (Phi) is 5.24. The van der Waals surface area contributed by atoms with Crippen molar-refractivity contribution in [1.82, 2.24) is 5.32 Å². The Morgan fingerprint density at radius 2 is 2.05 bits per heavy atom. The van der Waals surface area contributed by atoms with Crippen molar-refractivity contribution in [3.63, 3.8) is 0 Å². The van der Waals surface area contributed by atoms with Crippen LogP contribution in [-0.4, -0.2) is 24.7 Å². The van der Waals surface area contributed by atoms with Crippen LogP contribution in [0.2, 0.25) is 0 Å². The standard InChI is InChI=1S/C16H19F3N2O/c1-2-15(22)21-13-5-4-11-8-14(10-12(11)9-13)20-7-3-6-16(17,18)19/h2,4-5,9,14,20H,1,3,6-8,10H2,(H,21,22). The molecule has 6 heteroatoms. The molecule has 22 heavy (non-hydrogen) atoms. The summed E-state index contributed by atoms with van der Waals surface area (Å²) in [6.45, 7) is 3.76. The van der Waals surface area contributed by atoms with Gasteiger partial charge >= 0.3 is 6.18 Å². The number of carbonyl (C=O) groups excluding carboxylic acids is 1. The molecule has 120 valence electrons. The third-order valence-corrected chi connectivity index (χ3v) is 3.66.